The number of hydrogen-bond acceptors (Lipinski definition) is 5. The van der Waals surface area contributed by atoms with Crippen LogP contribution in [0.15, 0.2) is 0 Å². The van der Waals surface area contributed by atoms with E-state index in [9.17, 15) is 0 Å². The van der Waals surface area contributed by atoms with E-state index in [0.29, 0.717) is 0 Å². The van der Waals surface area contributed by atoms with Crippen molar-refractivity contribution in [2.24, 2.45) is 0 Å². The van der Waals surface area contributed by atoms with Crippen molar-refractivity contribution in [1.29, 1.82) is 0 Å². The number of rotatable bonds is 0. The van der Waals surface area contributed by atoms with Crippen LogP contribution in [0.1, 0.15) is 0 Å². The van der Waals surface area contributed by atoms with Gasteiger partial charge in [-0.15, -0.1) is 0 Å². The number of hydrogen-bond donors (Lipinski definition) is 0. The van der Waals surface area contributed by atoms with E-state index in [1.54, 1.807) is 0 Å². The summed E-state index contributed by atoms with van der Waals surface area (Å²) in [5.74, 6) is 0. The molecular weight excluding hydrogens is 366 g/mol. The van der Waals surface area contributed by atoms with E-state index < -0.39 is 0 Å². The zero-order valence-electron chi connectivity index (χ0n) is 4.40. The van der Waals surface area contributed by atoms with Crippen molar-refractivity contribution in [3.05, 3.63) is 0 Å². The van der Waals surface area contributed by atoms with E-state index >= 15 is 0 Å². The van der Waals surface area contributed by atoms with Crippen molar-refractivity contribution in [1.82, 2.24) is 0 Å². The summed E-state index contributed by atoms with van der Waals surface area (Å²) < 4.78 is 7.81. The van der Waals surface area contributed by atoms with Crippen LogP contribution in [0.2, 0.25) is 0 Å². The molecule has 0 aromatic rings. The van der Waals surface area contributed by atoms with Crippen molar-refractivity contribution in [3.63, 3.8) is 0 Å². The molecule has 0 atom stereocenters. The van der Waals surface area contributed by atoms with Gasteiger partial charge in [0.25, 0.3) is 0 Å². The van der Waals surface area contributed by atoms with Gasteiger partial charge in [0.15, 0.2) is 0 Å². The van der Waals surface area contributed by atoms with E-state index in [2.05, 4.69) is 15.9 Å². The van der Waals surface area contributed by atoms with Gasteiger partial charge in [-0.1, -0.05) is 0 Å². The van der Waals surface area contributed by atoms with Crippen LogP contribution >= 0.6 is 0 Å². The topological polar surface area (TPSA) is 200 Å². The van der Waals surface area contributed by atoms with Crippen LogP contribution in [0, 0.1) is 0 Å². The average Bonchev–Trinajstić information content (AvgIpc) is 1.00. The van der Waals surface area contributed by atoms with Crippen LogP contribution in [0.4, 0.5) is 0 Å². The monoisotopic (exact) mass is 372 g/mol. The molecule has 0 unspecified atom stereocenters. The summed E-state index contributed by atoms with van der Waals surface area (Å²) in [4.78, 5) is 0. The zero-order chi connectivity index (χ0) is 2.00. The van der Waals surface area contributed by atoms with E-state index in [1.165, 1.54) is 0 Å². The van der Waals surface area contributed by atoms with Crippen LogP contribution < -0.4 is 0 Å². The Morgan fingerprint density at radius 1 is 0.636 bits per heavy atom. The Kier molecular flexibility index (Phi) is 11000. The molecule has 0 aliphatic heterocycles. The molecule has 0 aromatic heterocycles. The Balaban J connectivity index is -0.000000000139. The van der Waals surface area contributed by atoms with Crippen LogP contribution in [-0.2, 0) is 71.0 Å². The SMILES string of the molecule is O.O.[Cu+2].[Cu+2].[Cu].[OH-].[OH-].[OH-].[OH-].[O]=[Cu]. The predicted molar refractivity (Wildman–Crippen MR) is 15.7 cm³/mol. The molecule has 0 saturated carbocycles. The molecule has 3 radical (unpaired) electrons. The van der Waals surface area contributed by atoms with Gasteiger partial charge in [-0.25, -0.2) is 0 Å². The summed E-state index contributed by atoms with van der Waals surface area (Å²) in [5.41, 5.74) is 0. The second kappa shape index (κ2) is 491. The van der Waals surface area contributed by atoms with Gasteiger partial charge in [-0.2, -0.15) is 0 Å². The molecule has 0 fully saturated rings. The first-order chi connectivity index (χ1) is 1.00. The molecule has 0 saturated heterocycles. The second-order valence-corrected chi connectivity index (χ2v) is 0. The van der Waals surface area contributed by atoms with Gasteiger partial charge in [-0.3, -0.25) is 0 Å². The molecule has 0 aliphatic rings. The van der Waals surface area contributed by atoms with Crippen molar-refractivity contribution in [3.8, 4) is 0 Å². The predicted octanol–water partition coefficient (Wildman–Crippen LogP) is -2.49. The molecule has 0 rings (SSSR count). The Morgan fingerprint density at radius 2 is 0.636 bits per heavy atom. The molecule has 0 heterocycles. The third kappa shape index (κ3) is 403. The summed E-state index contributed by atoms with van der Waals surface area (Å²) in [6.45, 7) is 0. The minimum atomic E-state index is 0. The molecule has 0 aliphatic carbocycles. The molecule has 0 amide bonds. The van der Waals surface area contributed by atoms with Crippen LogP contribution in [0.3, 0.4) is 0 Å². The van der Waals surface area contributed by atoms with E-state index in [1.807, 2.05) is 0 Å². The normalized spacial score (nSPS) is 0.545. The van der Waals surface area contributed by atoms with Gasteiger partial charge < -0.3 is 32.9 Å². The maximum atomic E-state index is 7.81. The first-order valence-electron chi connectivity index (χ1n) is 0.123. The molecule has 7 nitrogen and oxygen atoms in total. The summed E-state index contributed by atoms with van der Waals surface area (Å²) >= 11 is 2.94. The summed E-state index contributed by atoms with van der Waals surface area (Å²) in [6.07, 6.45) is 0. The standard InChI is InChI=1S/4Cu.6H2O.O/h;;;;6*1H2;/q;;2*+2;;;;;;;/p-4. The Labute approximate surface area is 103 Å². The fourth-order valence-electron chi connectivity index (χ4n) is 0. The maximum absolute atomic E-state index is 7.81. The van der Waals surface area contributed by atoms with Gasteiger partial charge >= 0.3 is 53.9 Å². The fraction of sp³-hybridized carbons (Fsp3) is 0. The van der Waals surface area contributed by atoms with Crippen molar-refractivity contribution >= 4 is 0 Å². The minimum absolute atomic E-state index is 0. The van der Waals surface area contributed by atoms with Gasteiger partial charge in [0, 0.05) is 17.1 Å². The second-order valence-electron chi connectivity index (χ2n) is 0. The average molecular weight is 374 g/mol. The van der Waals surface area contributed by atoms with Crippen LogP contribution in [0.5, 0.6) is 0 Å². The Morgan fingerprint density at radius 3 is 0.636 bits per heavy atom. The third-order valence-electron chi connectivity index (χ3n) is 0. The molecular formula is H8Cu4O7. The fourth-order valence-corrected chi connectivity index (χ4v) is 0. The van der Waals surface area contributed by atoms with E-state index in [4.69, 9.17) is 3.83 Å². The summed E-state index contributed by atoms with van der Waals surface area (Å²) in [5, 5.41) is 0. The van der Waals surface area contributed by atoms with Gasteiger partial charge in [0.2, 0.25) is 0 Å². The molecule has 0 bridgehead atoms. The molecule has 0 spiro atoms. The first kappa shape index (κ1) is 246. The summed E-state index contributed by atoms with van der Waals surface area (Å²) in [7, 11) is 0. The van der Waals surface area contributed by atoms with Gasteiger partial charge in [0.1, 0.15) is 0 Å². The molecule has 0 aromatic carbocycles. The van der Waals surface area contributed by atoms with Gasteiger partial charge in [0.05, 0.1) is 0 Å². The van der Waals surface area contributed by atoms with Gasteiger partial charge in [-0.05, 0) is 0 Å². The molecule has 8 N–H and O–H groups in total. The van der Waals surface area contributed by atoms with Crippen molar-refractivity contribution in [2.45, 2.75) is 0 Å². The summed E-state index contributed by atoms with van der Waals surface area (Å²) in [6, 6.07) is 0. The van der Waals surface area contributed by atoms with Crippen LogP contribution in [0.25, 0.3) is 0 Å². The quantitative estimate of drug-likeness (QED) is 0.421. The van der Waals surface area contributed by atoms with Crippen molar-refractivity contribution < 1.29 is 104 Å². The molecule has 11 heteroatoms. The van der Waals surface area contributed by atoms with E-state index in [0.717, 1.165) is 0 Å². The van der Waals surface area contributed by atoms with Crippen molar-refractivity contribution in [2.75, 3.05) is 0 Å². The first-order valence-corrected chi connectivity index (χ1v) is 0.508. The van der Waals surface area contributed by atoms with Crippen LogP contribution in [-0.4, -0.2) is 32.9 Å². The Hall–Kier alpha value is 1.64. The molecule has 94 valence electrons. The third-order valence-corrected chi connectivity index (χ3v) is 0. The Bertz CT molecular complexity index is 10.4. The zero-order valence-corrected chi connectivity index (χ0v) is 8.17. The molecule has 11 heavy (non-hydrogen) atoms. The van der Waals surface area contributed by atoms with E-state index in [-0.39, 0.29) is 84.1 Å².